The molecule has 0 aliphatic carbocycles. The van der Waals surface area contributed by atoms with E-state index in [0.717, 1.165) is 57.7 Å². The monoisotopic (exact) mass is 477 g/mol. The lowest BCUT2D eigenvalue weighted by atomic mass is 9.93. The lowest BCUT2D eigenvalue weighted by Crippen LogP contribution is -2.41. The van der Waals surface area contributed by atoms with Gasteiger partial charge in [-0.3, -0.25) is 14.4 Å². The fourth-order valence-corrected chi connectivity index (χ4v) is 6.70. The van der Waals surface area contributed by atoms with Crippen LogP contribution >= 0.6 is 11.3 Å². The molecule has 2 aliphatic heterocycles. The third-order valence-electron chi connectivity index (χ3n) is 6.28. The summed E-state index contributed by atoms with van der Waals surface area (Å²) in [4.78, 5) is 17.8. The van der Waals surface area contributed by atoms with Gasteiger partial charge < -0.3 is 9.64 Å². The molecular formula is C23H31N3O4S2. The van der Waals surface area contributed by atoms with Gasteiger partial charge >= 0.3 is 0 Å². The summed E-state index contributed by atoms with van der Waals surface area (Å²) in [6.07, 6.45) is 3.07. The summed E-state index contributed by atoms with van der Waals surface area (Å²) in [6, 6.07) is 8.66. The fourth-order valence-electron chi connectivity index (χ4n) is 4.26. The van der Waals surface area contributed by atoms with Crippen molar-refractivity contribution >= 4 is 33.0 Å². The quantitative estimate of drug-likeness (QED) is 0.661. The zero-order chi connectivity index (χ0) is 22.6. The Bertz CT molecular complexity index is 1010. The van der Waals surface area contributed by atoms with Gasteiger partial charge in [-0.05, 0) is 62.2 Å². The highest BCUT2D eigenvalue weighted by molar-refractivity contribution is 7.93. The number of anilines is 1. The number of benzene rings is 1. The molecule has 9 heteroatoms. The summed E-state index contributed by atoms with van der Waals surface area (Å²) in [5.74, 6) is 0.424. The molecule has 1 aromatic heterocycles. The molecule has 2 saturated heterocycles. The highest BCUT2D eigenvalue weighted by Gasteiger charge is 2.30. The second kappa shape index (κ2) is 10.3. The molecule has 1 N–H and O–H groups in total. The SMILES string of the molecule is Cc1ccc(NS(=O)(=O)c2ccsc2C(=O)N2CCC(CCN3CCOCC3)CC2)cc1. The van der Waals surface area contributed by atoms with E-state index in [-0.39, 0.29) is 15.7 Å². The number of hydrogen-bond donors (Lipinski definition) is 1. The molecule has 7 nitrogen and oxygen atoms in total. The summed E-state index contributed by atoms with van der Waals surface area (Å²) in [7, 11) is -3.83. The van der Waals surface area contributed by atoms with Gasteiger partial charge in [0.25, 0.3) is 15.9 Å². The van der Waals surface area contributed by atoms with Crippen LogP contribution < -0.4 is 4.72 Å². The molecule has 0 unspecified atom stereocenters. The molecule has 4 rings (SSSR count). The van der Waals surface area contributed by atoms with Crippen LogP contribution in [0.2, 0.25) is 0 Å². The third kappa shape index (κ3) is 5.70. The van der Waals surface area contributed by atoms with Crippen molar-refractivity contribution in [2.75, 3.05) is 50.7 Å². The van der Waals surface area contributed by atoms with E-state index in [1.165, 1.54) is 17.4 Å². The Morgan fingerprint density at radius 2 is 1.78 bits per heavy atom. The zero-order valence-electron chi connectivity index (χ0n) is 18.5. The Kier molecular flexibility index (Phi) is 7.50. The van der Waals surface area contributed by atoms with Gasteiger partial charge in [-0.25, -0.2) is 8.42 Å². The molecule has 0 spiro atoms. The van der Waals surface area contributed by atoms with Gasteiger partial charge in [-0.15, -0.1) is 11.3 Å². The van der Waals surface area contributed by atoms with E-state index >= 15 is 0 Å². The minimum absolute atomic E-state index is 0.0579. The largest absolute Gasteiger partial charge is 0.379 e. The van der Waals surface area contributed by atoms with Crippen LogP contribution in [0.4, 0.5) is 5.69 Å². The summed E-state index contributed by atoms with van der Waals surface area (Å²) in [5, 5.41) is 1.67. The van der Waals surface area contributed by atoms with Crippen LogP contribution in [0.15, 0.2) is 40.6 Å². The first kappa shape index (κ1) is 23.2. The first-order chi connectivity index (χ1) is 15.4. The maximum absolute atomic E-state index is 13.2. The molecule has 1 amide bonds. The molecule has 2 aromatic rings. The number of morpholine rings is 1. The molecule has 3 heterocycles. The van der Waals surface area contributed by atoms with Gasteiger partial charge in [0.2, 0.25) is 0 Å². The molecule has 0 atom stereocenters. The van der Waals surface area contributed by atoms with Crippen molar-refractivity contribution in [2.24, 2.45) is 5.92 Å². The van der Waals surface area contributed by atoms with Crippen LogP contribution in [-0.4, -0.2) is 70.1 Å². The maximum Gasteiger partial charge on any atom is 0.265 e. The number of rotatable bonds is 7. The topological polar surface area (TPSA) is 79.0 Å². The molecule has 0 radical (unpaired) electrons. The molecule has 1 aromatic carbocycles. The van der Waals surface area contributed by atoms with Crippen molar-refractivity contribution in [3.63, 3.8) is 0 Å². The lowest BCUT2D eigenvalue weighted by Gasteiger charge is -2.34. The molecule has 2 fully saturated rings. The van der Waals surface area contributed by atoms with E-state index in [1.807, 2.05) is 24.0 Å². The predicted octanol–water partition coefficient (Wildman–Crippen LogP) is 3.43. The van der Waals surface area contributed by atoms with Crippen LogP contribution in [0.5, 0.6) is 0 Å². The minimum atomic E-state index is -3.83. The Morgan fingerprint density at radius 3 is 2.47 bits per heavy atom. The van der Waals surface area contributed by atoms with E-state index in [4.69, 9.17) is 4.74 Å². The van der Waals surface area contributed by atoms with E-state index in [9.17, 15) is 13.2 Å². The van der Waals surface area contributed by atoms with E-state index < -0.39 is 10.0 Å². The number of hydrogen-bond acceptors (Lipinski definition) is 6. The first-order valence-electron chi connectivity index (χ1n) is 11.2. The summed E-state index contributed by atoms with van der Waals surface area (Å²) < 4.78 is 33.9. The summed E-state index contributed by atoms with van der Waals surface area (Å²) >= 11 is 1.19. The number of ether oxygens (including phenoxy) is 1. The number of nitrogens with zero attached hydrogens (tertiary/aromatic N) is 2. The fraction of sp³-hybridized carbons (Fsp3) is 0.522. The number of piperidine rings is 1. The Morgan fingerprint density at radius 1 is 1.09 bits per heavy atom. The average molecular weight is 478 g/mol. The Balaban J connectivity index is 1.34. The minimum Gasteiger partial charge on any atom is -0.379 e. The number of carbonyl (C=O) groups is 1. The first-order valence-corrected chi connectivity index (χ1v) is 13.5. The third-order valence-corrected chi connectivity index (χ3v) is 8.73. The molecule has 174 valence electrons. The highest BCUT2D eigenvalue weighted by Crippen LogP contribution is 2.28. The van der Waals surface area contributed by atoms with Crippen LogP contribution in [0, 0.1) is 12.8 Å². The van der Waals surface area contributed by atoms with Gasteiger partial charge in [0, 0.05) is 31.9 Å². The van der Waals surface area contributed by atoms with Gasteiger partial charge in [-0.2, -0.15) is 0 Å². The second-order valence-corrected chi connectivity index (χ2v) is 11.1. The number of sulfonamides is 1. The van der Waals surface area contributed by atoms with Crippen molar-refractivity contribution in [2.45, 2.75) is 31.1 Å². The number of carbonyl (C=O) groups excluding carboxylic acids is 1. The van der Waals surface area contributed by atoms with E-state index in [1.54, 1.807) is 17.5 Å². The predicted molar refractivity (Wildman–Crippen MR) is 127 cm³/mol. The van der Waals surface area contributed by atoms with Gasteiger partial charge in [0.1, 0.15) is 9.77 Å². The second-order valence-electron chi connectivity index (χ2n) is 8.56. The van der Waals surface area contributed by atoms with Crippen molar-refractivity contribution < 1.29 is 17.9 Å². The maximum atomic E-state index is 13.2. The number of thiophene rings is 1. The summed E-state index contributed by atoms with van der Waals surface area (Å²) in [5.41, 5.74) is 1.54. The van der Waals surface area contributed by atoms with Crippen LogP contribution in [0.1, 0.15) is 34.5 Å². The molecule has 32 heavy (non-hydrogen) atoms. The van der Waals surface area contributed by atoms with Crippen LogP contribution in [0.25, 0.3) is 0 Å². The highest BCUT2D eigenvalue weighted by atomic mass is 32.2. The van der Waals surface area contributed by atoms with Crippen molar-refractivity contribution in [3.05, 3.63) is 46.2 Å². The molecular weight excluding hydrogens is 446 g/mol. The van der Waals surface area contributed by atoms with Crippen LogP contribution in [0.3, 0.4) is 0 Å². The van der Waals surface area contributed by atoms with Crippen molar-refractivity contribution in [1.82, 2.24) is 9.80 Å². The number of nitrogens with one attached hydrogen (secondary N) is 1. The number of amides is 1. The number of likely N-dealkylation sites (tertiary alicyclic amines) is 1. The lowest BCUT2D eigenvalue weighted by molar-refractivity contribution is 0.0332. The smallest absolute Gasteiger partial charge is 0.265 e. The van der Waals surface area contributed by atoms with Crippen LogP contribution in [-0.2, 0) is 14.8 Å². The van der Waals surface area contributed by atoms with Gasteiger partial charge in [-0.1, -0.05) is 17.7 Å². The molecule has 2 aliphatic rings. The van der Waals surface area contributed by atoms with E-state index in [0.29, 0.717) is 24.7 Å². The summed E-state index contributed by atoms with van der Waals surface area (Å²) in [6.45, 7) is 8.02. The van der Waals surface area contributed by atoms with Crippen molar-refractivity contribution in [1.29, 1.82) is 0 Å². The van der Waals surface area contributed by atoms with E-state index in [2.05, 4.69) is 9.62 Å². The molecule has 0 saturated carbocycles. The zero-order valence-corrected chi connectivity index (χ0v) is 20.1. The Hall–Kier alpha value is -1.94. The van der Waals surface area contributed by atoms with Gasteiger partial charge in [0.05, 0.1) is 13.2 Å². The molecule has 0 bridgehead atoms. The Labute approximate surface area is 194 Å². The average Bonchev–Trinajstić information content (AvgIpc) is 3.31. The van der Waals surface area contributed by atoms with Crippen molar-refractivity contribution in [3.8, 4) is 0 Å². The standard InChI is InChI=1S/C23H31N3O4S2/c1-18-2-4-20(5-3-18)24-32(28,29)21-9-17-31-22(21)23(27)26-11-7-19(8-12-26)6-10-25-13-15-30-16-14-25/h2-5,9,17,19,24H,6-8,10-16H2,1H3. The normalized spacial score (nSPS) is 18.6. The number of aryl methyl sites for hydroxylation is 1. The van der Waals surface area contributed by atoms with Gasteiger partial charge in [0.15, 0.2) is 0 Å².